The molecule has 0 aliphatic carbocycles. The molecule has 0 unspecified atom stereocenters. The predicted octanol–water partition coefficient (Wildman–Crippen LogP) is 4.81. The maximum Gasteiger partial charge on any atom is 0.225 e. The van der Waals surface area contributed by atoms with Crippen molar-refractivity contribution in [3.05, 3.63) is 95.6 Å². The second-order valence-corrected chi connectivity index (χ2v) is 11.2. The van der Waals surface area contributed by atoms with E-state index in [2.05, 4.69) is 35.2 Å². The summed E-state index contributed by atoms with van der Waals surface area (Å²) >= 11 is 0. The van der Waals surface area contributed by atoms with Crippen molar-refractivity contribution in [2.45, 2.75) is 63.1 Å². The smallest absolute Gasteiger partial charge is 0.225 e. The van der Waals surface area contributed by atoms with E-state index in [0.717, 1.165) is 42.9 Å². The monoisotopic (exact) mass is 544 g/mol. The van der Waals surface area contributed by atoms with Crippen LogP contribution in [0.15, 0.2) is 78.9 Å². The lowest BCUT2D eigenvalue weighted by Gasteiger charge is -2.44. The lowest BCUT2D eigenvalue weighted by molar-refractivity contribution is -0.161. The lowest BCUT2D eigenvalue weighted by Crippen LogP contribution is -2.55. The lowest BCUT2D eigenvalue weighted by atomic mass is 9.93. The molecule has 1 amide bonds. The highest BCUT2D eigenvalue weighted by atomic mass is 16.5. The summed E-state index contributed by atoms with van der Waals surface area (Å²) in [6.07, 6.45) is 2.21. The molecule has 2 saturated heterocycles. The Bertz CT molecular complexity index is 1270. The fraction of sp³-hybridized carbons (Fsp3) is 0.424. The van der Waals surface area contributed by atoms with E-state index in [0.29, 0.717) is 32.7 Å². The van der Waals surface area contributed by atoms with Crippen molar-refractivity contribution in [3.63, 3.8) is 0 Å². The molecular weight excluding hydrogens is 504 g/mol. The van der Waals surface area contributed by atoms with Crippen molar-refractivity contribution in [3.8, 4) is 11.5 Å². The molecule has 40 heavy (non-hydrogen) atoms. The summed E-state index contributed by atoms with van der Waals surface area (Å²) in [5.74, 6) is 1.76. The molecule has 2 fully saturated rings. The van der Waals surface area contributed by atoms with E-state index >= 15 is 0 Å². The molecule has 3 aromatic carbocycles. The summed E-state index contributed by atoms with van der Waals surface area (Å²) in [5, 5.41) is 10.6. The van der Waals surface area contributed by atoms with Gasteiger partial charge in [0.1, 0.15) is 11.5 Å². The van der Waals surface area contributed by atoms with Gasteiger partial charge in [-0.15, -0.1) is 0 Å². The first-order valence-electron chi connectivity index (χ1n) is 14.4. The van der Waals surface area contributed by atoms with Crippen LogP contribution in [0.1, 0.15) is 37.4 Å². The van der Waals surface area contributed by atoms with Crippen LogP contribution in [-0.2, 0) is 33.8 Å². The standard InChI is InChI=1S/C33H38N2O5.H2/c36-27-21-35(19-24-10-12-29(13-11-24)39-28-8-2-1-3-9-28)31-15-14-30(40-32(31)23-38-22-27)18-33(37)34-17-16-25-6-4-5-7-26(25)20-34;/h1-13,27,30-32,36H,14-23H2;1H/t27-,30-,31-,32+;/m1./s1. The van der Waals surface area contributed by atoms with Gasteiger partial charge in [-0.3, -0.25) is 9.69 Å². The van der Waals surface area contributed by atoms with Gasteiger partial charge in [-0.1, -0.05) is 54.6 Å². The number of carbonyl (C=O) groups is 1. The van der Waals surface area contributed by atoms with Crippen LogP contribution < -0.4 is 4.74 Å². The fourth-order valence-corrected chi connectivity index (χ4v) is 6.18. The van der Waals surface area contributed by atoms with E-state index in [1.807, 2.05) is 53.4 Å². The molecule has 4 atom stereocenters. The van der Waals surface area contributed by atoms with Crippen LogP contribution in [0.3, 0.4) is 0 Å². The van der Waals surface area contributed by atoms with Crippen molar-refractivity contribution >= 4 is 5.91 Å². The number of ether oxygens (including phenoxy) is 3. The van der Waals surface area contributed by atoms with E-state index in [-0.39, 0.29) is 32.2 Å². The van der Waals surface area contributed by atoms with Gasteiger partial charge < -0.3 is 24.2 Å². The largest absolute Gasteiger partial charge is 0.457 e. The van der Waals surface area contributed by atoms with Gasteiger partial charge in [-0.05, 0) is 60.2 Å². The Morgan fingerprint density at radius 2 is 1.68 bits per heavy atom. The average molecular weight is 545 g/mol. The number of fused-ring (bicyclic) bond motifs is 2. The highest BCUT2D eigenvalue weighted by Gasteiger charge is 2.38. The number of aliphatic hydroxyl groups is 1. The van der Waals surface area contributed by atoms with Gasteiger partial charge in [-0.25, -0.2) is 0 Å². The molecule has 0 bridgehead atoms. The van der Waals surface area contributed by atoms with E-state index in [1.165, 1.54) is 11.1 Å². The van der Waals surface area contributed by atoms with Gasteiger partial charge >= 0.3 is 0 Å². The number of hydrogen-bond acceptors (Lipinski definition) is 6. The topological polar surface area (TPSA) is 71.5 Å². The zero-order valence-electron chi connectivity index (χ0n) is 22.9. The predicted molar refractivity (Wildman–Crippen MR) is 154 cm³/mol. The Balaban J connectivity index is 0.00000337. The Hall–Kier alpha value is -3.23. The van der Waals surface area contributed by atoms with Crippen LogP contribution in [0, 0.1) is 0 Å². The van der Waals surface area contributed by atoms with Crippen LogP contribution in [0.2, 0.25) is 0 Å². The molecule has 0 radical (unpaired) electrons. The number of hydrogen-bond donors (Lipinski definition) is 1. The quantitative estimate of drug-likeness (QED) is 0.480. The van der Waals surface area contributed by atoms with Crippen LogP contribution in [0.5, 0.6) is 11.5 Å². The van der Waals surface area contributed by atoms with Crippen LogP contribution in [0.4, 0.5) is 0 Å². The molecule has 7 nitrogen and oxygen atoms in total. The van der Waals surface area contributed by atoms with E-state index in [1.54, 1.807) is 0 Å². The first-order chi connectivity index (χ1) is 19.6. The number of rotatable bonds is 6. The molecule has 6 rings (SSSR count). The van der Waals surface area contributed by atoms with Gasteiger partial charge in [0, 0.05) is 33.6 Å². The van der Waals surface area contributed by atoms with E-state index in [9.17, 15) is 9.90 Å². The zero-order valence-corrected chi connectivity index (χ0v) is 22.9. The molecule has 7 heteroatoms. The number of benzene rings is 3. The van der Waals surface area contributed by atoms with Crippen molar-refractivity contribution in [1.82, 2.24) is 9.80 Å². The minimum absolute atomic E-state index is 0. The SMILES string of the molecule is O=C(C[C@H]1CC[C@@H]2[C@H](COC[C@H](O)CN2Cc2ccc(Oc3ccccc3)cc2)O1)N1CCc2ccccc2C1.[HH]. The second kappa shape index (κ2) is 12.5. The molecule has 0 spiro atoms. The minimum Gasteiger partial charge on any atom is -0.457 e. The molecule has 212 valence electrons. The highest BCUT2D eigenvalue weighted by molar-refractivity contribution is 5.77. The van der Waals surface area contributed by atoms with E-state index in [4.69, 9.17) is 14.2 Å². The highest BCUT2D eigenvalue weighted by Crippen LogP contribution is 2.30. The third kappa shape index (κ3) is 6.56. The second-order valence-electron chi connectivity index (χ2n) is 11.2. The normalized spacial score (nSPS) is 25.3. The minimum atomic E-state index is -0.553. The molecule has 0 saturated carbocycles. The number of β-amino-alcohol motifs (C(OH)–C–C–N with tert-alkyl or cyclic N) is 1. The van der Waals surface area contributed by atoms with Gasteiger partial charge in [0.2, 0.25) is 5.91 Å². The maximum atomic E-state index is 13.2. The third-order valence-corrected chi connectivity index (χ3v) is 8.26. The Labute approximate surface area is 237 Å². The number of nitrogens with zero attached hydrogens (tertiary/aromatic N) is 2. The van der Waals surface area contributed by atoms with Gasteiger partial charge in [0.25, 0.3) is 0 Å². The summed E-state index contributed by atoms with van der Waals surface area (Å²) in [5.41, 5.74) is 3.74. The molecular formula is C33H40N2O5. The van der Waals surface area contributed by atoms with Crippen LogP contribution >= 0.6 is 0 Å². The van der Waals surface area contributed by atoms with Crippen molar-refractivity contribution in [2.75, 3.05) is 26.3 Å². The first kappa shape index (κ1) is 27.0. The number of amides is 1. The van der Waals surface area contributed by atoms with Gasteiger partial charge in [0.15, 0.2) is 0 Å². The number of para-hydroxylation sites is 1. The van der Waals surface area contributed by atoms with Crippen LogP contribution in [-0.4, -0.2) is 71.5 Å². The molecule has 3 aliphatic heterocycles. The summed E-state index contributed by atoms with van der Waals surface area (Å²) in [4.78, 5) is 17.5. The average Bonchev–Trinajstić information content (AvgIpc) is 2.97. The summed E-state index contributed by atoms with van der Waals surface area (Å²) < 4.78 is 18.3. The Kier molecular flexibility index (Phi) is 8.44. The zero-order chi connectivity index (χ0) is 27.3. The van der Waals surface area contributed by atoms with Crippen molar-refractivity contribution in [2.24, 2.45) is 0 Å². The third-order valence-electron chi connectivity index (χ3n) is 8.26. The Morgan fingerprint density at radius 3 is 2.50 bits per heavy atom. The van der Waals surface area contributed by atoms with Crippen molar-refractivity contribution < 1.29 is 25.5 Å². The molecule has 3 aliphatic rings. The van der Waals surface area contributed by atoms with Crippen LogP contribution in [0.25, 0.3) is 0 Å². The van der Waals surface area contributed by atoms with Gasteiger partial charge in [0.05, 0.1) is 37.9 Å². The Morgan fingerprint density at radius 1 is 0.925 bits per heavy atom. The fourth-order valence-electron chi connectivity index (χ4n) is 6.18. The number of aliphatic hydroxyl groups excluding tert-OH is 1. The first-order valence-corrected chi connectivity index (χ1v) is 14.4. The maximum absolute atomic E-state index is 13.2. The molecule has 1 N–H and O–H groups in total. The van der Waals surface area contributed by atoms with Gasteiger partial charge in [-0.2, -0.15) is 0 Å². The van der Waals surface area contributed by atoms with Crippen molar-refractivity contribution in [1.29, 1.82) is 0 Å². The molecule has 3 aromatic rings. The molecule has 3 heterocycles. The molecule has 0 aromatic heterocycles. The van der Waals surface area contributed by atoms with E-state index < -0.39 is 6.10 Å². The summed E-state index contributed by atoms with van der Waals surface area (Å²) in [6.45, 7) is 3.36. The summed E-state index contributed by atoms with van der Waals surface area (Å²) in [6, 6.07) is 26.4. The number of carbonyl (C=O) groups excluding carboxylic acids is 1. The summed E-state index contributed by atoms with van der Waals surface area (Å²) in [7, 11) is 0.